The summed E-state index contributed by atoms with van der Waals surface area (Å²) >= 11 is 6.16. The number of anilines is 3. The molecule has 1 aromatic carbocycles. The van der Waals surface area contributed by atoms with Crippen LogP contribution in [0.3, 0.4) is 0 Å². The molecule has 11 heteroatoms. The molecule has 0 bridgehead atoms. The molecule has 1 fully saturated rings. The molecule has 176 valence electrons. The Morgan fingerprint density at radius 2 is 2.26 bits per heavy atom. The highest BCUT2D eigenvalue weighted by molar-refractivity contribution is 6.29. The maximum Gasteiger partial charge on any atom is 0.228 e. The van der Waals surface area contributed by atoms with Crippen LogP contribution in [0.4, 0.5) is 17.5 Å². The van der Waals surface area contributed by atoms with Crippen LogP contribution in [0.2, 0.25) is 5.15 Å². The van der Waals surface area contributed by atoms with Crippen molar-refractivity contribution in [2.75, 3.05) is 43.6 Å². The van der Waals surface area contributed by atoms with E-state index in [0.29, 0.717) is 61.1 Å². The van der Waals surface area contributed by atoms with Crippen LogP contribution >= 0.6 is 11.6 Å². The molecule has 34 heavy (non-hydrogen) atoms. The van der Waals surface area contributed by atoms with Crippen LogP contribution in [0.5, 0.6) is 0 Å². The van der Waals surface area contributed by atoms with Crippen molar-refractivity contribution in [1.82, 2.24) is 19.7 Å². The maximum absolute atomic E-state index is 9.96. The van der Waals surface area contributed by atoms with Crippen LogP contribution in [0.1, 0.15) is 18.1 Å². The van der Waals surface area contributed by atoms with Crippen molar-refractivity contribution < 1.29 is 14.6 Å². The number of hydrogen-bond acceptors (Lipinski definition) is 9. The predicted octanol–water partition coefficient (Wildman–Crippen LogP) is 2.70. The summed E-state index contributed by atoms with van der Waals surface area (Å²) in [5, 5.41) is 30.8. The van der Waals surface area contributed by atoms with E-state index in [-0.39, 0.29) is 12.7 Å². The van der Waals surface area contributed by atoms with E-state index in [1.54, 1.807) is 29.1 Å². The minimum atomic E-state index is -0.473. The first-order valence-electron chi connectivity index (χ1n) is 11.0. The standard InChI is InChI=1S/C23H24ClN7O3/c1-23(13-32)12-27-21-15(9-25)6-14(7-17(21)23)18-2-3-26-22(28-18)29-20-8-19(24)30-31(20)10-16-11-33-4-5-34-16/h2-3,6-8,16,27,32H,4-5,10-13H2,1H3,(H,26,28,29)/t16-,23+/m0/s1. The topological polar surface area (TPSA) is 130 Å². The van der Waals surface area contributed by atoms with Gasteiger partial charge in [-0.3, -0.25) is 0 Å². The molecule has 0 saturated carbocycles. The molecule has 2 aliphatic rings. The summed E-state index contributed by atoms with van der Waals surface area (Å²) in [6.07, 6.45) is 1.52. The molecular weight excluding hydrogens is 458 g/mol. The first kappa shape index (κ1) is 22.6. The van der Waals surface area contributed by atoms with Gasteiger partial charge in [-0.1, -0.05) is 18.5 Å². The van der Waals surface area contributed by atoms with Crippen molar-refractivity contribution in [3.63, 3.8) is 0 Å². The second-order valence-corrected chi connectivity index (χ2v) is 9.01. The molecule has 3 N–H and O–H groups in total. The summed E-state index contributed by atoms with van der Waals surface area (Å²) in [5.74, 6) is 0.984. The van der Waals surface area contributed by atoms with Gasteiger partial charge in [-0.05, 0) is 23.8 Å². The minimum absolute atomic E-state index is 0.0294. The molecule has 0 aliphatic carbocycles. The zero-order valence-electron chi connectivity index (χ0n) is 18.6. The summed E-state index contributed by atoms with van der Waals surface area (Å²) in [6, 6.07) is 9.50. The van der Waals surface area contributed by atoms with E-state index in [2.05, 4.69) is 31.8 Å². The number of aromatic nitrogens is 4. The van der Waals surface area contributed by atoms with Crippen LogP contribution in [0.25, 0.3) is 11.3 Å². The minimum Gasteiger partial charge on any atom is -0.395 e. The van der Waals surface area contributed by atoms with Crippen LogP contribution < -0.4 is 10.6 Å². The van der Waals surface area contributed by atoms with Gasteiger partial charge in [0.1, 0.15) is 18.0 Å². The van der Waals surface area contributed by atoms with Gasteiger partial charge in [0.2, 0.25) is 5.95 Å². The highest BCUT2D eigenvalue weighted by atomic mass is 35.5. The number of aliphatic hydroxyl groups excluding tert-OH is 1. The molecule has 2 aromatic heterocycles. The zero-order valence-corrected chi connectivity index (χ0v) is 19.3. The van der Waals surface area contributed by atoms with Crippen molar-refractivity contribution in [1.29, 1.82) is 5.26 Å². The van der Waals surface area contributed by atoms with Gasteiger partial charge in [-0.2, -0.15) is 10.4 Å². The van der Waals surface area contributed by atoms with Crippen molar-refractivity contribution in [3.05, 3.63) is 46.7 Å². The lowest BCUT2D eigenvalue weighted by atomic mass is 9.83. The quantitative estimate of drug-likeness (QED) is 0.486. The van der Waals surface area contributed by atoms with Gasteiger partial charge in [-0.25, -0.2) is 14.6 Å². The van der Waals surface area contributed by atoms with Crippen LogP contribution in [-0.4, -0.2) is 63.9 Å². The number of fused-ring (bicyclic) bond motifs is 1. The molecular formula is C23H24ClN7O3. The van der Waals surface area contributed by atoms with Gasteiger partial charge in [0.25, 0.3) is 0 Å². The van der Waals surface area contributed by atoms with E-state index in [1.807, 2.05) is 13.0 Å². The summed E-state index contributed by atoms with van der Waals surface area (Å²) in [4.78, 5) is 8.99. The number of aliphatic hydroxyl groups is 1. The first-order chi connectivity index (χ1) is 16.5. The number of nitriles is 1. The third-order valence-corrected chi connectivity index (χ3v) is 6.30. The van der Waals surface area contributed by atoms with Crippen molar-refractivity contribution in [2.45, 2.75) is 25.0 Å². The van der Waals surface area contributed by atoms with E-state index in [9.17, 15) is 10.4 Å². The largest absolute Gasteiger partial charge is 0.395 e. The van der Waals surface area contributed by atoms with Gasteiger partial charge < -0.3 is 25.2 Å². The molecule has 0 amide bonds. The lowest BCUT2D eigenvalue weighted by Gasteiger charge is -2.23. The first-order valence-corrected chi connectivity index (χ1v) is 11.3. The van der Waals surface area contributed by atoms with Crippen molar-refractivity contribution >= 4 is 29.1 Å². The number of ether oxygens (including phenoxy) is 2. The molecule has 2 atom stereocenters. The molecule has 1 saturated heterocycles. The zero-order chi connectivity index (χ0) is 23.7. The Labute approximate surface area is 201 Å². The third-order valence-electron chi connectivity index (χ3n) is 6.12. The smallest absolute Gasteiger partial charge is 0.228 e. The Morgan fingerprint density at radius 3 is 3.03 bits per heavy atom. The number of benzene rings is 1. The summed E-state index contributed by atoms with van der Waals surface area (Å²) in [7, 11) is 0. The number of rotatable bonds is 6. The van der Waals surface area contributed by atoms with Gasteiger partial charge in [-0.15, -0.1) is 0 Å². The van der Waals surface area contributed by atoms with Gasteiger partial charge in [0.05, 0.1) is 49.9 Å². The van der Waals surface area contributed by atoms with E-state index in [4.69, 9.17) is 21.1 Å². The van der Waals surface area contributed by atoms with Crippen molar-refractivity contribution in [3.8, 4) is 17.3 Å². The fraction of sp³-hybridized carbons (Fsp3) is 0.391. The highest BCUT2D eigenvalue weighted by Crippen LogP contribution is 2.41. The van der Waals surface area contributed by atoms with E-state index in [0.717, 1.165) is 16.8 Å². The maximum atomic E-state index is 9.96. The lowest BCUT2D eigenvalue weighted by Crippen LogP contribution is -2.32. The molecule has 0 unspecified atom stereocenters. The Morgan fingerprint density at radius 1 is 1.38 bits per heavy atom. The van der Waals surface area contributed by atoms with Crippen LogP contribution in [-0.2, 0) is 21.4 Å². The molecule has 4 heterocycles. The summed E-state index contributed by atoms with van der Waals surface area (Å²) in [6.45, 7) is 4.60. The Balaban J connectivity index is 1.44. The number of nitrogens with zero attached hydrogens (tertiary/aromatic N) is 5. The number of hydrogen-bond donors (Lipinski definition) is 3. The van der Waals surface area contributed by atoms with Crippen molar-refractivity contribution in [2.24, 2.45) is 0 Å². The monoisotopic (exact) mass is 481 g/mol. The van der Waals surface area contributed by atoms with Gasteiger partial charge >= 0.3 is 0 Å². The number of halogens is 1. The molecule has 2 aliphatic heterocycles. The molecule has 3 aromatic rings. The third kappa shape index (κ3) is 4.31. The number of nitrogens with one attached hydrogen (secondary N) is 2. The average Bonchev–Trinajstić information content (AvgIpc) is 3.38. The molecule has 0 spiro atoms. The molecule has 0 radical (unpaired) electrons. The van der Waals surface area contributed by atoms with E-state index < -0.39 is 5.41 Å². The molecule has 10 nitrogen and oxygen atoms in total. The highest BCUT2D eigenvalue weighted by Gasteiger charge is 2.36. The van der Waals surface area contributed by atoms with Gasteiger partial charge in [0, 0.05) is 29.8 Å². The van der Waals surface area contributed by atoms with Gasteiger partial charge in [0.15, 0.2) is 5.15 Å². The summed E-state index contributed by atoms with van der Waals surface area (Å²) in [5.41, 5.74) is 3.12. The Kier molecular flexibility index (Phi) is 6.10. The van der Waals surface area contributed by atoms with Crippen LogP contribution in [0.15, 0.2) is 30.5 Å². The SMILES string of the molecule is C[C@]1(CO)CNc2c(C#N)cc(-c3ccnc(Nc4cc(Cl)nn4C[C@H]4COCCO4)n3)cc21. The molecule has 5 rings (SSSR count). The normalized spacial score (nSPS) is 21.5. The Hall–Kier alpha value is -3.23. The second kappa shape index (κ2) is 9.19. The van der Waals surface area contributed by atoms with Crippen LogP contribution in [0, 0.1) is 11.3 Å². The fourth-order valence-electron chi connectivity index (χ4n) is 4.22. The second-order valence-electron chi connectivity index (χ2n) is 8.62. The summed E-state index contributed by atoms with van der Waals surface area (Å²) < 4.78 is 12.9. The van der Waals surface area contributed by atoms with E-state index in [1.165, 1.54) is 0 Å². The predicted molar refractivity (Wildman–Crippen MR) is 126 cm³/mol. The lowest BCUT2D eigenvalue weighted by molar-refractivity contribution is -0.0944. The van der Waals surface area contributed by atoms with E-state index >= 15 is 0 Å². The fourth-order valence-corrected chi connectivity index (χ4v) is 4.41. The average molecular weight is 482 g/mol. The Bertz CT molecular complexity index is 1250.